The maximum atomic E-state index is 4.93. The molecule has 1 aliphatic rings. The molecule has 0 unspecified atom stereocenters. The van der Waals surface area contributed by atoms with E-state index >= 15 is 0 Å². The predicted molar refractivity (Wildman–Crippen MR) is 41.6 cm³/mol. The van der Waals surface area contributed by atoms with Crippen molar-refractivity contribution in [1.82, 2.24) is 0 Å². The summed E-state index contributed by atoms with van der Waals surface area (Å²) in [5.41, 5.74) is 0. The summed E-state index contributed by atoms with van der Waals surface area (Å²) in [5.74, 6) is 2.04. The standard InChI is InChI=1S/C7H12N2O/c1-5(2)7-8-4-6(9-7)10-3/h5H,4H2,1-3H3. The molecule has 56 valence electrons. The molecular weight excluding hydrogens is 128 g/mol. The van der Waals surface area contributed by atoms with Crippen LogP contribution in [0.15, 0.2) is 9.98 Å². The summed E-state index contributed by atoms with van der Waals surface area (Å²) in [6.07, 6.45) is 0. The molecule has 0 aromatic carbocycles. The van der Waals surface area contributed by atoms with Crippen LogP contribution in [-0.2, 0) is 4.74 Å². The molecule has 0 N–H and O–H groups in total. The smallest absolute Gasteiger partial charge is 0.211 e. The van der Waals surface area contributed by atoms with Gasteiger partial charge in [-0.15, -0.1) is 0 Å². The summed E-state index contributed by atoms with van der Waals surface area (Å²) >= 11 is 0. The van der Waals surface area contributed by atoms with Gasteiger partial charge in [-0.2, -0.15) is 0 Å². The molecule has 0 aromatic rings. The van der Waals surface area contributed by atoms with Crippen LogP contribution in [0.5, 0.6) is 0 Å². The van der Waals surface area contributed by atoms with Gasteiger partial charge < -0.3 is 4.74 Å². The highest BCUT2D eigenvalue weighted by molar-refractivity contribution is 6.01. The van der Waals surface area contributed by atoms with E-state index in [4.69, 9.17) is 4.74 Å². The first-order valence-electron chi connectivity index (χ1n) is 3.40. The highest BCUT2D eigenvalue weighted by Crippen LogP contribution is 2.05. The highest BCUT2D eigenvalue weighted by Gasteiger charge is 2.12. The number of aliphatic imine (C=N–C) groups is 2. The average Bonchev–Trinajstić information content (AvgIpc) is 2.34. The van der Waals surface area contributed by atoms with Crippen molar-refractivity contribution in [2.45, 2.75) is 13.8 Å². The summed E-state index contributed by atoms with van der Waals surface area (Å²) in [6.45, 7) is 4.76. The van der Waals surface area contributed by atoms with Crippen LogP contribution < -0.4 is 0 Å². The second-order valence-corrected chi connectivity index (χ2v) is 2.54. The van der Waals surface area contributed by atoms with Gasteiger partial charge in [0.25, 0.3) is 0 Å². The van der Waals surface area contributed by atoms with Crippen LogP contribution in [0.4, 0.5) is 0 Å². The summed E-state index contributed by atoms with van der Waals surface area (Å²) in [5, 5.41) is 0. The Morgan fingerprint density at radius 1 is 1.50 bits per heavy atom. The molecule has 1 heterocycles. The minimum Gasteiger partial charge on any atom is -0.483 e. The lowest BCUT2D eigenvalue weighted by Gasteiger charge is -1.97. The molecule has 0 amide bonds. The predicted octanol–water partition coefficient (Wildman–Crippen LogP) is 1.10. The van der Waals surface area contributed by atoms with E-state index in [2.05, 4.69) is 23.8 Å². The zero-order valence-electron chi connectivity index (χ0n) is 6.59. The van der Waals surface area contributed by atoms with Gasteiger partial charge in [0.2, 0.25) is 5.90 Å². The van der Waals surface area contributed by atoms with E-state index in [1.54, 1.807) is 7.11 Å². The summed E-state index contributed by atoms with van der Waals surface area (Å²) in [4.78, 5) is 8.33. The van der Waals surface area contributed by atoms with Gasteiger partial charge in [-0.25, -0.2) is 4.99 Å². The average molecular weight is 140 g/mol. The zero-order chi connectivity index (χ0) is 7.56. The first-order valence-corrected chi connectivity index (χ1v) is 3.40. The van der Waals surface area contributed by atoms with Crippen molar-refractivity contribution in [2.75, 3.05) is 13.7 Å². The SMILES string of the molecule is COC1=NC(C(C)C)=NC1. The van der Waals surface area contributed by atoms with Gasteiger partial charge in [-0.3, -0.25) is 4.99 Å². The van der Waals surface area contributed by atoms with E-state index in [0.29, 0.717) is 12.5 Å². The van der Waals surface area contributed by atoms with Crippen LogP contribution >= 0.6 is 0 Å². The van der Waals surface area contributed by atoms with E-state index in [9.17, 15) is 0 Å². The maximum absolute atomic E-state index is 4.93. The lowest BCUT2D eigenvalue weighted by molar-refractivity contribution is 0.399. The van der Waals surface area contributed by atoms with Crippen LogP contribution in [0.1, 0.15) is 13.8 Å². The topological polar surface area (TPSA) is 34.0 Å². The fourth-order valence-corrected chi connectivity index (χ4v) is 0.769. The zero-order valence-corrected chi connectivity index (χ0v) is 6.59. The molecule has 3 heteroatoms. The molecule has 0 fully saturated rings. The summed E-state index contributed by atoms with van der Waals surface area (Å²) in [6, 6.07) is 0. The van der Waals surface area contributed by atoms with Gasteiger partial charge in [-0.05, 0) is 0 Å². The number of hydrogen-bond donors (Lipinski definition) is 0. The lowest BCUT2D eigenvalue weighted by Crippen LogP contribution is -2.03. The maximum Gasteiger partial charge on any atom is 0.211 e. The molecule has 0 bridgehead atoms. The second kappa shape index (κ2) is 2.82. The molecule has 1 aliphatic heterocycles. The first-order chi connectivity index (χ1) is 4.74. The van der Waals surface area contributed by atoms with Crippen molar-refractivity contribution in [2.24, 2.45) is 15.9 Å². The Hall–Kier alpha value is -0.860. The van der Waals surface area contributed by atoms with Crippen LogP contribution in [-0.4, -0.2) is 25.4 Å². The Morgan fingerprint density at radius 2 is 2.20 bits per heavy atom. The van der Waals surface area contributed by atoms with Crippen molar-refractivity contribution in [3.05, 3.63) is 0 Å². The van der Waals surface area contributed by atoms with Crippen molar-refractivity contribution in [3.8, 4) is 0 Å². The fourth-order valence-electron chi connectivity index (χ4n) is 0.769. The van der Waals surface area contributed by atoms with E-state index < -0.39 is 0 Å². The Morgan fingerprint density at radius 3 is 2.50 bits per heavy atom. The lowest BCUT2D eigenvalue weighted by atomic mass is 10.2. The number of amidine groups is 1. The number of ether oxygens (including phenoxy) is 1. The molecule has 0 saturated heterocycles. The monoisotopic (exact) mass is 140 g/mol. The Kier molecular flexibility index (Phi) is 2.04. The number of nitrogens with zero attached hydrogens (tertiary/aromatic N) is 2. The van der Waals surface area contributed by atoms with Crippen LogP contribution in [0.2, 0.25) is 0 Å². The van der Waals surface area contributed by atoms with Crippen molar-refractivity contribution in [3.63, 3.8) is 0 Å². The van der Waals surface area contributed by atoms with Crippen molar-refractivity contribution >= 4 is 11.7 Å². The van der Waals surface area contributed by atoms with Crippen LogP contribution in [0, 0.1) is 5.92 Å². The van der Waals surface area contributed by atoms with Gasteiger partial charge in [0.1, 0.15) is 12.4 Å². The number of hydrogen-bond acceptors (Lipinski definition) is 3. The normalized spacial score (nSPS) is 17.2. The molecular formula is C7H12N2O. The Balaban J connectivity index is 2.59. The van der Waals surface area contributed by atoms with Gasteiger partial charge in [0, 0.05) is 5.92 Å². The Labute approximate surface area is 60.8 Å². The summed E-state index contributed by atoms with van der Waals surface area (Å²) in [7, 11) is 1.62. The molecule has 0 aromatic heterocycles. The minimum absolute atomic E-state index is 0.410. The molecule has 10 heavy (non-hydrogen) atoms. The molecule has 0 radical (unpaired) electrons. The third-order valence-corrected chi connectivity index (χ3v) is 1.37. The molecule has 0 spiro atoms. The van der Waals surface area contributed by atoms with E-state index in [1.807, 2.05) is 0 Å². The van der Waals surface area contributed by atoms with Crippen molar-refractivity contribution < 1.29 is 4.74 Å². The first kappa shape index (κ1) is 7.25. The molecule has 3 nitrogen and oxygen atoms in total. The fraction of sp³-hybridized carbons (Fsp3) is 0.714. The quantitative estimate of drug-likeness (QED) is 0.537. The molecule has 0 aliphatic carbocycles. The van der Waals surface area contributed by atoms with Gasteiger partial charge in [-0.1, -0.05) is 13.8 Å². The summed E-state index contributed by atoms with van der Waals surface area (Å²) < 4.78 is 4.93. The highest BCUT2D eigenvalue weighted by atomic mass is 16.5. The second-order valence-electron chi connectivity index (χ2n) is 2.54. The third-order valence-electron chi connectivity index (χ3n) is 1.37. The van der Waals surface area contributed by atoms with Crippen molar-refractivity contribution in [1.29, 1.82) is 0 Å². The van der Waals surface area contributed by atoms with Gasteiger partial charge in [0.15, 0.2) is 0 Å². The molecule has 1 rings (SSSR count). The largest absolute Gasteiger partial charge is 0.483 e. The van der Waals surface area contributed by atoms with E-state index in [1.165, 1.54) is 0 Å². The van der Waals surface area contributed by atoms with Crippen LogP contribution in [0.25, 0.3) is 0 Å². The minimum atomic E-state index is 0.410. The molecule has 0 saturated carbocycles. The van der Waals surface area contributed by atoms with Crippen LogP contribution in [0.3, 0.4) is 0 Å². The number of methoxy groups -OCH3 is 1. The third kappa shape index (κ3) is 1.35. The number of rotatable bonds is 1. The van der Waals surface area contributed by atoms with Gasteiger partial charge in [0.05, 0.1) is 7.11 Å². The molecule has 0 atom stereocenters. The van der Waals surface area contributed by atoms with E-state index in [-0.39, 0.29) is 0 Å². The Bertz CT molecular complexity index is 182. The van der Waals surface area contributed by atoms with Gasteiger partial charge >= 0.3 is 0 Å². The van der Waals surface area contributed by atoms with E-state index in [0.717, 1.165) is 11.7 Å².